The molecular formula is C9H12N2O. The summed E-state index contributed by atoms with van der Waals surface area (Å²) in [5.41, 5.74) is -0.502. The first-order chi connectivity index (χ1) is 5.67. The predicted octanol–water partition coefficient (Wildman–Crippen LogP) is 1.05. The van der Waals surface area contributed by atoms with Gasteiger partial charge < -0.3 is 4.90 Å². The lowest BCUT2D eigenvalue weighted by Gasteiger charge is -2.28. The number of hydrogen-bond donors (Lipinski definition) is 0. The van der Waals surface area contributed by atoms with Crippen molar-refractivity contribution in [3.05, 3.63) is 0 Å². The third-order valence-electron chi connectivity index (χ3n) is 2.78. The average Bonchev–Trinajstić information content (AvgIpc) is 2.82. The Balaban J connectivity index is 2.25. The maximum Gasteiger partial charge on any atom is 0.224 e. The minimum atomic E-state index is -0.502. The predicted molar refractivity (Wildman–Crippen MR) is 43.1 cm³/mol. The molecule has 0 spiro atoms. The van der Waals surface area contributed by atoms with Gasteiger partial charge in [-0.1, -0.05) is 0 Å². The molecule has 2 rings (SSSR count). The van der Waals surface area contributed by atoms with Gasteiger partial charge in [0.05, 0.1) is 6.07 Å². The summed E-state index contributed by atoms with van der Waals surface area (Å²) in [5.74, 6) is 0.168. The standard InChI is InChI=1S/C9H12N2O/c1-9(6-10)5-4-8(12)11(9)7-2-3-7/h7H,2-5H2,1H3. The number of amides is 1. The lowest BCUT2D eigenvalue weighted by atomic mass is 10.0. The van der Waals surface area contributed by atoms with Crippen LogP contribution >= 0.6 is 0 Å². The van der Waals surface area contributed by atoms with E-state index in [1.54, 1.807) is 4.90 Å². The van der Waals surface area contributed by atoms with E-state index in [9.17, 15) is 4.79 Å². The molecular weight excluding hydrogens is 152 g/mol. The topological polar surface area (TPSA) is 44.1 Å². The molecule has 12 heavy (non-hydrogen) atoms. The summed E-state index contributed by atoms with van der Waals surface area (Å²) in [4.78, 5) is 13.2. The number of nitriles is 1. The maximum absolute atomic E-state index is 11.4. The van der Waals surface area contributed by atoms with E-state index in [2.05, 4.69) is 6.07 Å². The molecule has 1 aliphatic carbocycles. The van der Waals surface area contributed by atoms with Crippen molar-refractivity contribution in [2.24, 2.45) is 0 Å². The fourth-order valence-corrected chi connectivity index (χ4v) is 1.92. The van der Waals surface area contributed by atoms with E-state index in [-0.39, 0.29) is 5.91 Å². The highest BCUT2D eigenvalue weighted by atomic mass is 16.2. The molecule has 0 aromatic rings. The normalized spacial score (nSPS) is 35.3. The largest absolute Gasteiger partial charge is 0.321 e. The molecule has 0 bridgehead atoms. The van der Waals surface area contributed by atoms with Gasteiger partial charge in [0, 0.05) is 12.5 Å². The molecule has 0 aromatic heterocycles. The van der Waals surface area contributed by atoms with E-state index in [0.717, 1.165) is 12.8 Å². The van der Waals surface area contributed by atoms with Gasteiger partial charge in [-0.15, -0.1) is 0 Å². The van der Waals surface area contributed by atoms with Crippen molar-refractivity contribution in [3.8, 4) is 6.07 Å². The highest BCUT2D eigenvalue weighted by molar-refractivity contribution is 5.81. The third kappa shape index (κ3) is 0.911. The first-order valence-electron chi connectivity index (χ1n) is 4.41. The Morgan fingerprint density at radius 2 is 2.33 bits per heavy atom. The smallest absolute Gasteiger partial charge is 0.224 e. The summed E-state index contributed by atoms with van der Waals surface area (Å²) in [6.45, 7) is 1.87. The van der Waals surface area contributed by atoms with Gasteiger partial charge in [0.1, 0.15) is 5.54 Å². The summed E-state index contributed by atoms with van der Waals surface area (Å²) >= 11 is 0. The number of hydrogen-bond acceptors (Lipinski definition) is 2. The van der Waals surface area contributed by atoms with Crippen LogP contribution in [0.5, 0.6) is 0 Å². The summed E-state index contributed by atoms with van der Waals surface area (Å²) in [7, 11) is 0. The Morgan fingerprint density at radius 1 is 1.67 bits per heavy atom. The second kappa shape index (κ2) is 2.22. The molecule has 0 radical (unpaired) electrons. The van der Waals surface area contributed by atoms with Gasteiger partial charge in [0.2, 0.25) is 5.91 Å². The molecule has 0 aromatic carbocycles. The van der Waals surface area contributed by atoms with E-state index >= 15 is 0 Å². The van der Waals surface area contributed by atoms with Crippen molar-refractivity contribution in [1.29, 1.82) is 5.26 Å². The lowest BCUT2D eigenvalue weighted by molar-refractivity contribution is -0.130. The van der Waals surface area contributed by atoms with Crippen molar-refractivity contribution >= 4 is 5.91 Å². The maximum atomic E-state index is 11.4. The zero-order chi connectivity index (χ0) is 8.77. The molecule has 1 atom stereocenters. The van der Waals surface area contributed by atoms with Crippen LogP contribution in [0, 0.1) is 11.3 Å². The van der Waals surface area contributed by atoms with E-state index in [1.165, 1.54) is 0 Å². The van der Waals surface area contributed by atoms with Crippen LogP contribution in [0.1, 0.15) is 32.6 Å². The van der Waals surface area contributed by atoms with Crippen molar-refractivity contribution in [2.75, 3.05) is 0 Å². The van der Waals surface area contributed by atoms with Crippen LogP contribution in [0.3, 0.4) is 0 Å². The van der Waals surface area contributed by atoms with E-state index in [0.29, 0.717) is 18.9 Å². The molecule has 0 N–H and O–H groups in total. The molecule has 2 fully saturated rings. The SMILES string of the molecule is CC1(C#N)CCC(=O)N1C1CC1. The van der Waals surface area contributed by atoms with Gasteiger partial charge in [-0.3, -0.25) is 4.79 Å². The fourth-order valence-electron chi connectivity index (χ4n) is 1.92. The van der Waals surface area contributed by atoms with Crippen LogP contribution in [0.4, 0.5) is 0 Å². The van der Waals surface area contributed by atoms with Crippen LogP contribution < -0.4 is 0 Å². The first-order valence-corrected chi connectivity index (χ1v) is 4.41. The fraction of sp³-hybridized carbons (Fsp3) is 0.778. The number of rotatable bonds is 1. The summed E-state index contributed by atoms with van der Waals surface area (Å²) < 4.78 is 0. The molecule has 1 heterocycles. The van der Waals surface area contributed by atoms with Gasteiger partial charge in [0.25, 0.3) is 0 Å². The van der Waals surface area contributed by atoms with Crippen LogP contribution in [0.15, 0.2) is 0 Å². The number of likely N-dealkylation sites (tertiary alicyclic amines) is 1. The number of carbonyl (C=O) groups is 1. The quantitative estimate of drug-likeness (QED) is 0.581. The molecule has 64 valence electrons. The summed E-state index contributed by atoms with van der Waals surface area (Å²) in [6.07, 6.45) is 3.44. The molecule has 1 saturated heterocycles. The Morgan fingerprint density at radius 3 is 2.83 bits per heavy atom. The van der Waals surface area contributed by atoms with Crippen molar-refractivity contribution in [1.82, 2.24) is 4.90 Å². The minimum Gasteiger partial charge on any atom is -0.321 e. The van der Waals surface area contributed by atoms with Crippen LogP contribution in [0.2, 0.25) is 0 Å². The molecule has 2 aliphatic rings. The zero-order valence-corrected chi connectivity index (χ0v) is 7.21. The highest BCUT2D eigenvalue weighted by Crippen LogP contribution is 2.39. The van der Waals surface area contributed by atoms with Crippen molar-refractivity contribution < 1.29 is 4.79 Å². The average molecular weight is 164 g/mol. The molecule has 3 heteroatoms. The van der Waals surface area contributed by atoms with Gasteiger partial charge in [-0.25, -0.2) is 0 Å². The van der Waals surface area contributed by atoms with E-state index in [1.807, 2.05) is 6.92 Å². The number of nitrogens with zero attached hydrogens (tertiary/aromatic N) is 2. The monoisotopic (exact) mass is 164 g/mol. The Kier molecular flexibility index (Phi) is 1.41. The Bertz CT molecular complexity index is 264. The molecule has 3 nitrogen and oxygen atoms in total. The molecule has 1 aliphatic heterocycles. The second-order valence-corrected chi connectivity index (χ2v) is 3.88. The first kappa shape index (κ1) is 7.60. The summed E-state index contributed by atoms with van der Waals surface area (Å²) in [5, 5.41) is 8.95. The minimum absolute atomic E-state index is 0.168. The van der Waals surface area contributed by atoms with Crippen LogP contribution in [0.25, 0.3) is 0 Å². The third-order valence-corrected chi connectivity index (χ3v) is 2.78. The highest BCUT2D eigenvalue weighted by Gasteiger charge is 2.48. The second-order valence-electron chi connectivity index (χ2n) is 3.88. The molecule has 1 unspecified atom stereocenters. The van der Waals surface area contributed by atoms with Crippen molar-refractivity contribution in [3.63, 3.8) is 0 Å². The molecule has 1 amide bonds. The zero-order valence-electron chi connectivity index (χ0n) is 7.21. The van der Waals surface area contributed by atoms with Gasteiger partial charge in [0.15, 0.2) is 0 Å². The van der Waals surface area contributed by atoms with Crippen LogP contribution in [-0.2, 0) is 4.79 Å². The van der Waals surface area contributed by atoms with Crippen LogP contribution in [-0.4, -0.2) is 22.4 Å². The lowest BCUT2D eigenvalue weighted by Crippen LogP contribution is -2.43. The number of carbonyl (C=O) groups excluding carboxylic acids is 1. The molecule has 1 saturated carbocycles. The van der Waals surface area contributed by atoms with E-state index < -0.39 is 5.54 Å². The Labute approximate surface area is 72.0 Å². The summed E-state index contributed by atoms with van der Waals surface area (Å²) in [6, 6.07) is 2.63. The van der Waals surface area contributed by atoms with E-state index in [4.69, 9.17) is 5.26 Å². The van der Waals surface area contributed by atoms with Gasteiger partial charge in [-0.05, 0) is 26.2 Å². The van der Waals surface area contributed by atoms with Gasteiger partial charge in [-0.2, -0.15) is 5.26 Å². The Hall–Kier alpha value is -1.04. The van der Waals surface area contributed by atoms with Crippen molar-refractivity contribution in [2.45, 2.75) is 44.2 Å². The van der Waals surface area contributed by atoms with Gasteiger partial charge >= 0.3 is 0 Å².